The van der Waals surface area contributed by atoms with E-state index in [2.05, 4.69) is 21.2 Å². The lowest BCUT2D eigenvalue weighted by Crippen LogP contribution is -2.52. The summed E-state index contributed by atoms with van der Waals surface area (Å²) in [6.45, 7) is 3.78. The average molecular weight is 581 g/mol. The molecule has 1 N–H and O–H groups in total. The van der Waals surface area contributed by atoms with Crippen molar-refractivity contribution in [1.82, 2.24) is 10.2 Å². The second kappa shape index (κ2) is 12.6. The number of anilines is 1. The van der Waals surface area contributed by atoms with Crippen LogP contribution >= 0.6 is 15.9 Å². The molecule has 0 bridgehead atoms. The van der Waals surface area contributed by atoms with Crippen LogP contribution in [0.15, 0.2) is 53.0 Å². The van der Waals surface area contributed by atoms with Gasteiger partial charge in [0.15, 0.2) is 0 Å². The van der Waals surface area contributed by atoms with Crippen LogP contribution in [0.5, 0.6) is 5.75 Å². The second-order valence-corrected chi connectivity index (χ2v) is 11.8. The fourth-order valence-corrected chi connectivity index (χ4v) is 5.36. The molecular weight excluding hydrogens is 546 g/mol. The fourth-order valence-electron chi connectivity index (χ4n) is 4.25. The molecule has 2 aromatic rings. The maximum absolute atomic E-state index is 13.6. The number of benzene rings is 2. The van der Waals surface area contributed by atoms with Gasteiger partial charge in [-0.05, 0) is 68.7 Å². The van der Waals surface area contributed by atoms with E-state index < -0.39 is 28.5 Å². The highest BCUT2D eigenvalue weighted by atomic mass is 79.9. The van der Waals surface area contributed by atoms with Crippen LogP contribution in [0.4, 0.5) is 5.69 Å². The van der Waals surface area contributed by atoms with E-state index in [4.69, 9.17) is 4.74 Å². The van der Waals surface area contributed by atoms with E-state index in [1.807, 2.05) is 31.2 Å². The van der Waals surface area contributed by atoms with Gasteiger partial charge in [-0.3, -0.25) is 13.9 Å². The van der Waals surface area contributed by atoms with Crippen LogP contribution in [0.25, 0.3) is 0 Å². The first-order chi connectivity index (χ1) is 17.1. The van der Waals surface area contributed by atoms with Crippen molar-refractivity contribution in [2.45, 2.75) is 58.2 Å². The van der Waals surface area contributed by atoms with Crippen LogP contribution in [-0.2, 0) is 26.2 Å². The van der Waals surface area contributed by atoms with Crippen molar-refractivity contribution < 1.29 is 22.7 Å². The van der Waals surface area contributed by atoms with Crippen LogP contribution < -0.4 is 14.4 Å². The van der Waals surface area contributed by atoms with Gasteiger partial charge in [0.05, 0.1) is 18.6 Å². The SMILES string of the molecule is CCOc1ccc(N(CC(=O)N(Cc2ccc(Br)cc2)[C@@H](C)C(=O)NC2CCCC2)S(C)(=O)=O)cc1. The molecule has 1 atom stereocenters. The Balaban J connectivity index is 1.85. The van der Waals surface area contributed by atoms with Gasteiger partial charge in [-0.15, -0.1) is 0 Å². The molecule has 8 nitrogen and oxygen atoms in total. The van der Waals surface area contributed by atoms with Crippen LogP contribution in [0.1, 0.15) is 45.1 Å². The standard InChI is InChI=1S/C26H34BrN3O5S/c1-4-35-24-15-13-23(14-16-24)30(36(3,33)34)18-25(31)29(17-20-9-11-21(27)12-10-20)19(2)26(32)28-22-7-5-6-8-22/h9-16,19,22H,4-8,17-18H2,1-3H3,(H,28,32)/t19-/m0/s1. The third-order valence-electron chi connectivity index (χ3n) is 6.25. The first kappa shape index (κ1) is 28.0. The Labute approximate surface area is 222 Å². The highest BCUT2D eigenvalue weighted by molar-refractivity contribution is 9.10. The van der Waals surface area contributed by atoms with Crippen molar-refractivity contribution in [3.63, 3.8) is 0 Å². The van der Waals surface area contributed by atoms with E-state index in [9.17, 15) is 18.0 Å². The molecule has 0 saturated heterocycles. The highest BCUT2D eigenvalue weighted by Gasteiger charge is 2.31. The first-order valence-corrected chi connectivity index (χ1v) is 14.8. The molecule has 1 aliphatic carbocycles. The smallest absolute Gasteiger partial charge is 0.244 e. The van der Waals surface area contributed by atoms with Crippen LogP contribution in [0.3, 0.4) is 0 Å². The molecule has 0 unspecified atom stereocenters. The number of carbonyl (C=O) groups excluding carboxylic acids is 2. The van der Waals surface area contributed by atoms with Gasteiger partial charge >= 0.3 is 0 Å². The monoisotopic (exact) mass is 579 g/mol. The van der Waals surface area contributed by atoms with E-state index >= 15 is 0 Å². The van der Waals surface area contributed by atoms with E-state index in [0.717, 1.165) is 46.3 Å². The largest absolute Gasteiger partial charge is 0.494 e. The number of hydrogen-bond donors (Lipinski definition) is 1. The lowest BCUT2D eigenvalue weighted by molar-refractivity contribution is -0.139. The molecule has 0 aromatic heterocycles. The van der Waals surface area contributed by atoms with Crippen LogP contribution in [0, 0.1) is 0 Å². The van der Waals surface area contributed by atoms with Crippen molar-refractivity contribution in [3.05, 3.63) is 58.6 Å². The highest BCUT2D eigenvalue weighted by Crippen LogP contribution is 2.23. The number of nitrogens with one attached hydrogen (secondary N) is 1. The van der Waals surface area contributed by atoms with Crippen molar-refractivity contribution in [3.8, 4) is 5.75 Å². The molecule has 0 radical (unpaired) electrons. The Morgan fingerprint density at radius 1 is 1.08 bits per heavy atom. The number of amides is 2. The summed E-state index contributed by atoms with van der Waals surface area (Å²) in [5, 5.41) is 3.06. The summed E-state index contributed by atoms with van der Waals surface area (Å²) in [6, 6.07) is 13.3. The average Bonchev–Trinajstić information content (AvgIpc) is 3.35. The molecule has 0 aliphatic heterocycles. The van der Waals surface area contributed by atoms with Gasteiger partial charge in [0.2, 0.25) is 21.8 Å². The van der Waals surface area contributed by atoms with Crippen LogP contribution in [0.2, 0.25) is 0 Å². The summed E-state index contributed by atoms with van der Waals surface area (Å²) in [6.07, 6.45) is 5.07. The van der Waals surface area contributed by atoms with Gasteiger partial charge in [0.25, 0.3) is 0 Å². The van der Waals surface area contributed by atoms with Crippen molar-refractivity contribution in [2.24, 2.45) is 0 Å². The van der Waals surface area contributed by atoms with Gasteiger partial charge in [-0.2, -0.15) is 0 Å². The fraction of sp³-hybridized carbons (Fsp3) is 0.462. The maximum Gasteiger partial charge on any atom is 0.244 e. The summed E-state index contributed by atoms with van der Waals surface area (Å²) >= 11 is 3.41. The molecule has 2 aromatic carbocycles. The number of sulfonamides is 1. The Kier molecular flexibility index (Phi) is 9.78. The Morgan fingerprint density at radius 3 is 2.25 bits per heavy atom. The minimum absolute atomic E-state index is 0.112. The van der Waals surface area contributed by atoms with Gasteiger partial charge < -0.3 is 15.0 Å². The van der Waals surface area contributed by atoms with E-state index in [1.54, 1.807) is 31.2 Å². The van der Waals surface area contributed by atoms with Crippen molar-refractivity contribution in [2.75, 3.05) is 23.7 Å². The molecule has 1 fully saturated rings. The zero-order valence-corrected chi connectivity index (χ0v) is 23.3. The summed E-state index contributed by atoms with van der Waals surface area (Å²) in [5.41, 5.74) is 1.18. The van der Waals surface area contributed by atoms with E-state index in [-0.39, 0.29) is 18.5 Å². The second-order valence-electron chi connectivity index (χ2n) is 9.01. The molecule has 196 valence electrons. The minimum Gasteiger partial charge on any atom is -0.494 e. The number of carbonyl (C=O) groups is 2. The van der Waals surface area contributed by atoms with E-state index in [1.165, 1.54) is 4.90 Å². The van der Waals surface area contributed by atoms with E-state index in [0.29, 0.717) is 18.0 Å². The van der Waals surface area contributed by atoms with Gasteiger partial charge in [-0.1, -0.05) is 40.9 Å². The summed E-state index contributed by atoms with van der Waals surface area (Å²) in [5.74, 6) is -0.0965. The molecule has 1 saturated carbocycles. The molecular formula is C26H34BrN3O5S. The Bertz CT molecular complexity index is 1130. The lowest BCUT2D eigenvalue weighted by Gasteiger charge is -2.32. The van der Waals surface area contributed by atoms with Crippen molar-refractivity contribution in [1.29, 1.82) is 0 Å². The first-order valence-electron chi connectivity index (χ1n) is 12.1. The topological polar surface area (TPSA) is 96.0 Å². The third-order valence-corrected chi connectivity index (χ3v) is 7.92. The number of nitrogens with zero attached hydrogens (tertiary/aromatic N) is 2. The molecule has 0 heterocycles. The van der Waals surface area contributed by atoms with Gasteiger partial charge in [0, 0.05) is 17.1 Å². The van der Waals surface area contributed by atoms with Gasteiger partial charge in [0.1, 0.15) is 18.3 Å². The van der Waals surface area contributed by atoms with Crippen molar-refractivity contribution >= 4 is 43.5 Å². The van der Waals surface area contributed by atoms with Gasteiger partial charge in [-0.25, -0.2) is 8.42 Å². The molecule has 10 heteroatoms. The minimum atomic E-state index is -3.78. The molecule has 0 spiro atoms. The number of ether oxygens (including phenoxy) is 1. The molecule has 1 aliphatic rings. The zero-order chi connectivity index (χ0) is 26.3. The summed E-state index contributed by atoms with van der Waals surface area (Å²) in [4.78, 5) is 28.1. The lowest BCUT2D eigenvalue weighted by atomic mass is 10.1. The normalized spacial score (nSPS) is 14.8. The number of rotatable bonds is 11. The maximum atomic E-state index is 13.6. The number of halogens is 1. The summed E-state index contributed by atoms with van der Waals surface area (Å²) in [7, 11) is -3.78. The number of hydrogen-bond acceptors (Lipinski definition) is 5. The predicted octanol–water partition coefficient (Wildman–Crippen LogP) is 4.09. The third kappa shape index (κ3) is 7.70. The molecule has 36 heavy (non-hydrogen) atoms. The molecule has 2 amide bonds. The quantitative estimate of drug-likeness (QED) is 0.432. The Morgan fingerprint density at radius 2 is 1.69 bits per heavy atom. The zero-order valence-electron chi connectivity index (χ0n) is 20.9. The Hall–Kier alpha value is -2.59. The predicted molar refractivity (Wildman–Crippen MR) is 144 cm³/mol. The van der Waals surface area contributed by atoms with Crippen LogP contribution in [-0.4, -0.2) is 56.6 Å². The molecule has 3 rings (SSSR count). The summed E-state index contributed by atoms with van der Waals surface area (Å²) < 4.78 is 32.7.